The number of rotatable bonds is 3. The molecule has 0 amide bonds. The van der Waals surface area contributed by atoms with Gasteiger partial charge in [-0.3, -0.25) is 0 Å². The predicted octanol–water partition coefficient (Wildman–Crippen LogP) is 2.25. The minimum absolute atomic E-state index is 0.0489. The first-order valence-corrected chi connectivity index (χ1v) is 7.59. The molecule has 0 aromatic heterocycles. The molecule has 1 aliphatic heterocycles. The maximum Gasteiger partial charge on any atom is 0.511 e. The molecule has 0 bridgehead atoms. The van der Waals surface area contributed by atoms with Crippen LogP contribution in [0.4, 0.5) is 9.59 Å². The number of aliphatic hydroxyl groups is 1. The van der Waals surface area contributed by atoms with Gasteiger partial charge >= 0.3 is 12.3 Å². The molecule has 3 rings (SSSR count). The topological polar surface area (TPSA) is 163 Å². The van der Waals surface area contributed by atoms with Gasteiger partial charge in [-0.25, -0.2) is 9.59 Å². The zero-order chi connectivity index (χ0) is 19.7. The van der Waals surface area contributed by atoms with Gasteiger partial charge in [0.15, 0.2) is 11.5 Å². The largest absolute Gasteiger partial charge is 0.511 e. The van der Waals surface area contributed by atoms with Gasteiger partial charge in [-0.2, -0.15) is 0 Å². The van der Waals surface area contributed by atoms with Crippen molar-refractivity contribution in [3.63, 3.8) is 0 Å². The van der Waals surface area contributed by atoms with Crippen LogP contribution in [-0.2, 0) is 6.42 Å². The quantitative estimate of drug-likeness (QED) is 0.304. The van der Waals surface area contributed by atoms with Gasteiger partial charge in [0.2, 0.25) is 0 Å². The Morgan fingerprint density at radius 1 is 1.00 bits per heavy atom. The molecule has 5 N–H and O–H groups in total. The number of benzene rings is 2. The lowest BCUT2D eigenvalue weighted by molar-refractivity contribution is 0.0195. The van der Waals surface area contributed by atoms with Crippen molar-refractivity contribution in [1.82, 2.24) is 0 Å². The van der Waals surface area contributed by atoms with Crippen molar-refractivity contribution in [2.45, 2.75) is 18.6 Å². The Hall–Kier alpha value is -3.66. The minimum atomic E-state index is -1.63. The fourth-order valence-corrected chi connectivity index (χ4v) is 2.79. The van der Waals surface area contributed by atoms with Crippen molar-refractivity contribution in [3.8, 4) is 28.7 Å². The van der Waals surface area contributed by atoms with Gasteiger partial charge in [-0.1, -0.05) is 6.07 Å². The lowest BCUT2D eigenvalue weighted by Crippen LogP contribution is -2.30. The fraction of sp³-hybridized carbons (Fsp3) is 0.176. The average molecular weight is 378 g/mol. The number of phenolic OH excluding ortho intramolecular Hbond substituents is 2. The van der Waals surface area contributed by atoms with E-state index in [1.807, 2.05) is 0 Å². The molecule has 0 saturated carbocycles. The average Bonchev–Trinajstić information content (AvgIpc) is 2.56. The van der Waals surface area contributed by atoms with Crippen LogP contribution >= 0.6 is 0 Å². The Bertz CT molecular complexity index is 907. The van der Waals surface area contributed by atoms with Gasteiger partial charge in [0.25, 0.3) is 0 Å². The number of fused-ring (bicyclic) bond motifs is 1. The van der Waals surface area contributed by atoms with Crippen LogP contribution < -0.4 is 14.2 Å². The number of carboxylic acid groups (broad SMARTS) is 2. The van der Waals surface area contributed by atoms with Crippen LogP contribution in [0.25, 0.3) is 0 Å². The summed E-state index contributed by atoms with van der Waals surface area (Å²) in [5, 5.41) is 47.1. The van der Waals surface area contributed by atoms with E-state index in [-0.39, 0.29) is 35.0 Å². The molecule has 2 aromatic rings. The molecule has 0 unspecified atom stereocenters. The van der Waals surface area contributed by atoms with E-state index in [4.69, 9.17) is 14.9 Å². The Labute approximate surface area is 151 Å². The summed E-state index contributed by atoms with van der Waals surface area (Å²) in [5.41, 5.74) is 0.551. The second-order valence-corrected chi connectivity index (χ2v) is 5.69. The number of hydrogen-bond acceptors (Lipinski definition) is 8. The van der Waals surface area contributed by atoms with Crippen molar-refractivity contribution >= 4 is 12.3 Å². The van der Waals surface area contributed by atoms with Crippen molar-refractivity contribution in [2.24, 2.45) is 0 Å². The molecule has 1 heterocycles. The van der Waals surface area contributed by atoms with Crippen molar-refractivity contribution in [2.75, 3.05) is 0 Å². The zero-order valence-electron chi connectivity index (χ0n) is 13.5. The maximum atomic E-state index is 10.9. The monoisotopic (exact) mass is 378 g/mol. The summed E-state index contributed by atoms with van der Waals surface area (Å²) in [7, 11) is 0. The number of phenols is 2. The van der Waals surface area contributed by atoms with Crippen molar-refractivity contribution in [3.05, 3.63) is 41.5 Å². The number of aliphatic hydroxyl groups excluding tert-OH is 1. The number of ether oxygens (including phenoxy) is 3. The van der Waals surface area contributed by atoms with Gasteiger partial charge < -0.3 is 39.7 Å². The van der Waals surface area contributed by atoms with E-state index in [0.717, 1.165) is 6.07 Å². The fourth-order valence-electron chi connectivity index (χ4n) is 2.79. The standard InChI is InChI=1S/C17H14O10/c18-10-2-1-7(3-11(10)19)15-12(20)6-9-13(26-15)4-8(25-16(21)22)5-14(9)27-17(23)24/h1-5,12,15,18-20H,6H2,(H,21,22)(H,23,24)/t12-,15-/m1/s1. The van der Waals surface area contributed by atoms with E-state index < -0.39 is 30.3 Å². The van der Waals surface area contributed by atoms with E-state index in [2.05, 4.69) is 9.47 Å². The third-order valence-corrected chi connectivity index (χ3v) is 3.89. The first kappa shape index (κ1) is 18.1. The van der Waals surface area contributed by atoms with Gasteiger partial charge in [0, 0.05) is 24.1 Å². The summed E-state index contributed by atoms with van der Waals surface area (Å²) < 4.78 is 14.9. The van der Waals surface area contributed by atoms with Gasteiger partial charge in [0.1, 0.15) is 23.4 Å². The third kappa shape index (κ3) is 3.80. The lowest BCUT2D eigenvalue weighted by Gasteiger charge is -2.32. The molecule has 10 nitrogen and oxygen atoms in total. The molecule has 0 saturated heterocycles. The highest BCUT2D eigenvalue weighted by Crippen LogP contribution is 2.43. The number of carbonyl (C=O) groups is 2. The Kier molecular flexibility index (Phi) is 4.65. The highest BCUT2D eigenvalue weighted by atomic mass is 16.7. The van der Waals surface area contributed by atoms with Crippen LogP contribution in [0.5, 0.6) is 28.7 Å². The molecule has 2 aromatic carbocycles. The normalized spacial score (nSPS) is 18.1. The summed E-state index contributed by atoms with van der Waals surface area (Å²) in [6.45, 7) is 0. The second kappa shape index (κ2) is 6.92. The molecule has 2 atom stereocenters. The van der Waals surface area contributed by atoms with Crippen LogP contribution in [0.15, 0.2) is 30.3 Å². The summed E-state index contributed by atoms with van der Waals surface area (Å²) >= 11 is 0. The van der Waals surface area contributed by atoms with Crippen LogP contribution in [0.3, 0.4) is 0 Å². The van der Waals surface area contributed by atoms with E-state index in [0.29, 0.717) is 5.56 Å². The van der Waals surface area contributed by atoms with E-state index in [9.17, 15) is 24.9 Å². The summed E-state index contributed by atoms with van der Waals surface area (Å²) in [4.78, 5) is 21.7. The Morgan fingerprint density at radius 3 is 2.33 bits per heavy atom. The molecule has 10 heteroatoms. The number of hydrogen-bond donors (Lipinski definition) is 5. The molecule has 0 radical (unpaired) electrons. The first-order chi connectivity index (χ1) is 12.7. The van der Waals surface area contributed by atoms with E-state index >= 15 is 0 Å². The van der Waals surface area contributed by atoms with Crippen molar-refractivity contribution < 1.29 is 49.3 Å². The minimum Gasteiger partial charge on any atom is -0.504 e. The molecule has 0 fully saturated rings. The zero-order valence-corrected chi connectivity index (χ0v) is 13.5. The first-order valence-electron chi connectivity index (χ1n) is 7.59. The van der Waals surface area contributed by atoms with Crippen LogP contribution in [0.2, 0.25) is 0 Å². The smallest absolute Gasteiger partial charge is 0.504 e. The summed E-state index contributed by atoms with van der Waals surface area (Å²) in [6.07, 6.45) is -5.43. The Morgan fingerprint density at radius 2 is 1.70 bits per heavy atom. The van der Waals surface area contributed by atoms with Gasteiger partial charge in [0.05, 0.1) is 6.10 Å². The highest BCUT2D eigenvalue weighted by molar-refractivity contribution is 5.67. The van der Waals surface area contributed by atoms with Gasteiger partial charge in [-0.15, -0.1) is 0 Å². The van der Waals surface area contributed by atoms with E-state index in [1.165, 1.54) is 24.3 Å². The van der Waals surface area contributed by atoms with E-state index in [1.54, 1.807) is 0 Å². The molecule has 142 valence electrons. The van der Waals surface area contributed by atoms with Crippen LogP contribution in [-0.4, -0.2) is 43.9 Å². The molecule has 27 heavy (non-hydrogen) atoms. The molecule has 0 aliphatic carbocycles. The second-order valence-electron chi connectivity index (χ2n) is 5.69. The maximum absolute atomic E-state index is 10.9. The Balaban J connectivity index is 2.02. The molecule has 0 spiro atoms. The summed E-state index contributed by atoms with van der Waals surface area (Å²) in [5.74, 6) is -1.18. The highest BCUT2D eigenvalue weighted by Gasteiger charge is 2.33. The molecular weight excluding hydrogens is 364 g/mol. The third-order valence-electron chi connectivity index (χ3n) is 3.89. The van der Waals surface area contributed by atoms with Crippen molar-refractivity contribution in [1.29, 1.82) is 0 Å². The van der Waals surface area contributed by atoms with Crippen LogP contribution in [0, 0.1) is 0 Å². The van der Waals surface area contributed by atoms with Crippen LogP contribution in [0.1, 0.15) is 17.2 Å². The molecular formula is C17H14O10. The summed E-state index contributed by atoms with van der Waals surface area (Å²) in [6, 6.07) is 6.14. The molecule has 1 aliphatic rings. The number of aromatic hydroxyl groups is 2. The SMILES string of the molecule is O=C(O)Oc1cc(OC(=O)O)c2c(c1)O[C@H](c1ccc(O)c(O)c1)[C@H](O)C2. The van der Waals surface area contributed by atoms with Gasteiger partial charge in [-0.05, 0) is 17.7 Å². The lowest BCUT2D eigenvalue weighted by atomic mass is 9.94. The predicted molar refractivity (Wildman–Crippen MR) is 86.6 cm³/mol.